The number of aliphatic imine (C=N–C) groups is 1. The quantitative estimate of drug-likeness (QED) is 0.327. The van der Waals surface area contributed by atoms with E-state index in [0.717, 1.165) is 24.9 Å². The van der Waals surface area contributed by atoms with Crippen molar-refractivity contribution in [3.63, 3.8) is 0 Å². The normalized spacial score (nSPS) is 11.0. The zero-order valence-corrected chi connectivity index (χ0v) is 14.3. The van der Waals surface area contributed by atoms with Gasteiger partial charge >= 0.3 is 0 Å². The van der Waals surface area contributed by atoms with E-state index in [4.69, 9.17) is 0 Å². The molecule has 1 rings (SSSR count). The molecule has 0 unspecified atom stereocenters. The second-order valence-corrected chi connectivity index (χ2v) is 4.13. The van der Waals surface area contributed by atoms with Gasteiger partial charge in [0.15, 0.2) is 5.96 Å². The highest BCUT2D eigenvalue weighted by Gasteiger charge is 2.00. The smallest absolute Gasteiger partial charge is 0.191 e. The van der Waals surface area contributed by atoms with E-state index in [9.17, 15) is 0 Å². The third-order valence-corrected chi connectivity index (χ3v) is 2.60. The monoisotopic (exact) mass is 380 g/mol. The summed E-state index contributed by atoms with van der Waals surface area (Å²) in [5.41, 5.74) is 0. The Kier molecular flexibility index (Phi) is 10.5. The summed E-state index contributed by atoms with van der Waals surface area (Å²) in [6.07, 6.45) is 5.20. The number of guanidine groups is 1. The summed E-state index contributed by atoms with van der Waals surface area (Å²) in [5, 5.41) is 10.6. The molecule has 1 aromatic rings. The average molecular weight is 380 g/mol. The van der Waals surface area contributed by atoms with E-state index in [0.29, 0.717) is 6.54 Å². The molecule has 1 aromatic heterocycles. The minimum Gasteiger partial charge on any atom is -0.357 e. The van der Waals surface area contributed by atoms with Gasteiger partial charge in [-0.05, 0) is 13.3 Å². The minimum atomic E-state index is 0. The molecule has 7 heteroatoms. The standard InChI is InChI=1S/C12H24N6.HI/c1-4-6-7-8-14-12(13-5-2)15-9-11-16-10-17-18(11)3;/h10H,4-9H2,1-3H3,(H2,13,14,15);1H. The molecular weight excluding hydrogens is 355 g/mol. The van der Waals surface area contributed by atoms with Crippen molar-refractivity contribution in [1.29, 1.82) is 0 Å². The maximum absolute atomic E-state index is 4.49. The lowest BCUT2D eigenvalue weighted by Crippen LogP contribution is -2.37. The van der Waals surface area contributed by atoms with Gasteiger partial charge in [0.1, 0.15) is 18.7 Å². The molecule has 0 spiro atoms. The van der Waals surface area contributed by atoms with E-state index < -0.39 is 0 Å². The topological polar surface area (TPSA) is 67.1 Å². The lowest BCUT2D eigenvalue weighted by Gasteiger charge is -2.10. The molecule has 0 amide bonds. The van der Waals surface area contributed by atoms with Gasteiger partial charge in [0.05, 0.1) is 0 Å². The fraction of sp³-hybridized carbons (Fsp3) is 0.750. The van der Waals surface area contributed by atoms with Crippen LogP contribution in [0.3, 0.4) is 0 Å². The Morgan fingerprint density at radius 1 is 1.32 bits per heavy atom. The van der Waals surface area contributed by atoms with Crippen LogP contribution < -0.4 is 10.6 Å². The van der Waals surface area contributed by atoms with Crippen molar-refractivity contribution in [3.05, 3.63) is 12.2 Å². The number of halogens is 1. The number of hydrogen-bond acceptors (Lipinski definition) is 3. The zero-order chi connectivity index (χ0) is 13.2. The van der Waals surface area contributed by atoms with Crippen LogP contribution in [0.25, 0.3) is 0 Å². The molecule has 0 aliphatic carbocycles. The van der Waals surface area contributed by atoms with Crippen LogP contribution in [0.1, 0.15) is 38.9 Å². The first kappa shape index (κ1) is 18.1. The molecule has 0 atom stereocenters. The molecule has 6 nitrogen and oxygen atoms in total. The summed E-state index contributed by atoms with van der Waals surface area (Å²) in [6, 6.07) is 0. The minimum absolute atomic E-state index is 0. The Balaban J connectivity index is 0.00000324. The predicted octanol–water partition coefficient (Wildman–Crippen LogP) is 1.68. The van der Waals surface area contributed by atoms with Gasteiger partial charge in [-0.25, -0.2) is 9.98 Å². The Labute approximate surface area is 132 Å². The van der Waals surface area contributed by atoms with Gasteiger partial charge in [-0.15, -0.1) is 24.0 Å². The van der Waals surface area contributed by atoms with Gasteiger partial charge in [0.2, 0.25) is 0 Å². The fourth-order valence-electron chi connectivity index (χ4n) is 1.54. The van der Waals surface area contributed by atoms with Crippen molar-refractivity contribution in [2.45, 2.75) is 39.7 Å². The molecule has 0 saturated carbocycles. The van der Waals surface area contributed by atoms with Gasteiger partial charge in [-0.2, -0.15) is 5.10 Å². The second-order valence-electron chi connectivity index (χ2n) is 4.13. The third-order valence-electron chi connectivity index (χ3n) is 2.60. The second kappa shape index (κ2) is 11.0. The van der Waals surface area contributed by atoms with Crippen LogP contribution in [0, 0.1) is 0 Å². The summed E-state index contributed by atoms with van der Waals surface area (Å²) in [6.45, 7) is 6.62. The highest BCUT2D eigenvalue weighted by atomic mass is 127. The zero-order valence-electron chi connectivity index (χ0n) is 12.0. The average Bonchev–Trinajstić information content (AvgIpc) is 2.77. The maximum Gasteiger partial charge on any atom is 0.191 e. The lowest BCUT2D eigenvalue weighted by molar-refractivity contribution is 0.675. The van der Waals surface area contributed by atoms with Crippen LogP contribution in [0.4, 0.5) is 0 Å². The molecule has 0 aliphatic rings. The number of hydrogen-bond donors (Lipinski definition) is 2. The highest BCUT2D eigenvalue weighted by molar-refractivity contribution is 14.0. The Morgan fingerprint density at radius 3 is 2.68 bits per heavy atom. The number of aryl methyl sites for hydroxylation is 1. The molecule has 0 fully saturated rings. The first-order valence-electron chi connectivity index (χ1n) is 6.63. The van der Waals surface area contributed by atoms with Crippen molar-refractivity contribution >= 4 is 29.9 Å². The van der Waals surface area contributed by atoms with E-state index in [-0.39, 0.29) is 24.0 Å². The van der Waals surface area contributed by atoms with Gasteiger partial charge in [-0.1, -0.05) is 19.8 Å². The van der Waals surface area contributed by atoms with Gasteiger partial charge in [0.25, 0.3) is 0 Å². The largest absolute Gasteiger partial charge is 0.357 e. The molecule has 2 N–H and O–H groups in total. The number of aromatic nitrogens is 3. The maximum atomic E-state index is 4.49. The Bertz CT molecular complexity index is 363. The van der Waals surface area contributed by atoms with Crippen molar-refractivity contribution in [2.75, 3.05) is 13.1 Å². The van der Waals surface area contributed by atoms with Crippen LogP contribution in [0.15, 0.2) is 11.3 Å². The Hall–Kier alpha value is -0.860. The van der Waals surface area contributed by atoms with Crippen molar-refractivity contribution in [2.24, 2.45) is 12.0 Å². The molecule has 19 heavy (non-hydrogen) atoms. The predicted molar refractivity (Wildman–Crippen MR) is 88.8 cm³/mol. The molecule has 0 bridgehead atoms. The van der Waals surface area contributed by atoms with Gasteiger partial charge in [-0.3, -0.25) is 4.68 Å². The lowest BCUT2D eigenvalue weighted by atomic mass is 10.2. The molecule has 110 valence electrons. The van der Waals surface area contributed by atoms with Crippen molar-refractivity contribution in [3.8, 4) is 0 Å². The van der Waals surface area contributed by atoms with E-state index in [1.165, 1.54) is 19.3 Å². The van der Waals surface area contributed by atoms with Crippen LogP contribution in [0.2, 0.25) is 0 Å². The number of nitrogens with one attached hydrogen (secondary N) is 2. The van der Waals surface area contributed by atoms with Gasteiger partial charge < -0.3 is 10.6 Å². The van der Waals surface area contributed by atoms with Crippen molar-refractivity contribution < 1.29 is 0 Å². The summed E-state index contributed by atoms with van der Waals surface area (Å²) >= 11 is 0. The number of rotatable bonds is 7. The summed E-state index contributed by atoms with van der Waals surface area (Å²) in [7, 11) is 1.87. The van der Waals surface area contributed by atoms with Crippen LogP contribution in [-0.4, -0.2) is 33.8 Å². The highest BCUT2D eigenvalue weighted by Crippen LogP contribution is 1.94. The molecular formula is C12H25IN6. The van der Waals surface area contributed by atoms with E-state index >= 15 is 0 Å². The van der Waals surface area contributed by atoms with E-state index in [1.54, 1.807) is 11.0 Å². The summed E-state index contributed by atoms with van der Waals surface area (Å²) in [4.78, 5) is 8.63. The third kappa shape index (κ3) is 7.34. The fourth-order valence-corrected chi connectivity index (χ4v) is 1.54. The molecule has 0 aliphatic heterocycles. The summed E-state index contributed by atoms with van der Waals surface area (Å²) < 4.78 is 1.74. The number of nitrogens with zero attached hydrogens (tertiary/aromatic N) is 4. The molecule has 0 aromatic carbocycles. The van der Waals surface area contributed by atoms with Crippen LogP contribution in [-0.2, 0) is 13.6 Å². The molecule has 0 saturated heterocycles. The SMILES string of the molecule is CCCCCNC(=NCc1ncnn1C)NCC.I. The summed E-state index contributed by atoms with van der Waals surface area (Å²) in [5.74, 6) is 1.71. The van der Waals surface area contributed by atoms with Gasteiger partial charge in [0, 0.05) is 20.1 Å². The Morgan fingerprint density at radius 2 is 2.11 bits per heavy atom. The van der Waals surface area contributed by atoms with Crippen LogP contribution in [0.5, 0.6) is 0 Å². The van der Waals surface area contributed by atoms with Crippen molar-refractivity contribution in [1.82, 2.24) is 25.4 Å². The molecule has 1 heterocycles. The van der Waals surface area contributed by atoms with E-state index in [1.807, 2.05) is 7.05 Å². The first-order valence-corrected chi connectivity index (χ1v) is 6.63. The number of unbranched alkanes of at least 4 members (excludes halogenated alkanes) is 2. The van der Waals surface area contributed by atoms with E-state index in [2.05, 4.69) is 39.6 Å². The first-order chi connectivity index (χ1) is 8.77. The molecule has 0 radical (unpaired) electrons. The van der Waals surface area contributed by atoms with Crippen LogP contribution >= 0.6 is 24.0 Å².